The lowest BCUT2D eigenvalue weighted by Crippen LogP contribution is -2.31. The van der Waals surface area contributed by atoms with Crippen LogP contribution in [0, 0.1) is 0 Å². The normalized spacial score (nSPS) is 19.9. The summed E-state index contributed by atoms with van der Waals surface area (Å²) in [5.41, 5.74) is 8.64. The third-order valence-electron chi connectivity index (χ3n) is 3.85. The van der Waals surface area contributed by atoms with Crippen LogP contribution >= 0.6 is 11.6 Å². The van der Waals surface area contributed by atoms with Crippen LogP contribution in [-0.4, -0.2) is 11.0 Å². The Labute approximate surface area is 99.8 Å². The zero-order valence-electron chi connectivity index (χ0n) is 9.26. The molecule has 1 aromatic heterocycles. The van der Waals surface area contributed by atoms with Crippen LogP contribution in [0.5, 0.6) is 0 Å². The fourth-order valence-corrected chi connectivity index (χ4v) is 2.83. The summed E-state index contributed by atoms with van der Waals surface area (Å²) in [5, 5.41) is 1.91. The lowest BCUT2D eigenvalue weighted by molar-refractivity contribution is 0.557. The van der Waals surface area contributed by atoms with E-state index < -0.39 is 0 Å². The molecule has 1 unspecified atom stereocenters. The van der Waals surface area contributed by atoms with Crippen molar-refractivity contribution in [3.63, 3.8) is 0 Å². The van der Waals surface area contributed by atoms with E-state index >= 15 is 0 Å². The molecular weight excluding hydrogens is 220 g/mol. The van der Waals surface area contributed by atoms with Crippen LogP contribution in [0.25, 0.3) is 10.9 Å². The number of fused-ring (bicyclic) bond motifs is 1. The van der Waals surface area contributed by atoms with Crippen molar-refractivity contribution < 1.29 is 0 Å². The van der Waals surface area contributed by atoms with Gasteiger partial charge >= 0.3 is 0 Å². The smallest absolute Gasteiger partial charge is 0.0502 e. The van der Waals surface area contributed by atoms with E-state index in [1.807, 2.05) is 12.3 Å². The summed E-state index contributed by atoms with van der Waals surface area (Å²) in [4.78, 5) is 3.21. The Morgan fingerprint density at radius 3 is 2.81 bits per heavy atom. The van der Waals surface area contributed by atoms with Gasteiger partial charge in [0.2, 0.25) is 0 Å². The summed E-state index contributed by atoms with van der Waals surface area (Å²) in [6.45, 7) is 2.08. The zero-order valence-corrected chi connectivity index (χ0v) is 10.0. The summed E-state index contributed by atoms with van der Waals surface area (Å²) >= 11 is 6.28. The first-order valence-corrected chi connectivity index (χ1v) is 6.04. The van der Waals surface area contributed by atoms with Crippen LogP contribution < -0.4 is 5.73 Å². The van der Waals surface area contributed by atoms with Crippen LogP contribution in [-0.2, 0) is 5.41 Å². The van der Waals surface area contributed by atoms with Crippen molar-refractivity contribution in [2.75, 3.05) is 0 Å². The third kappa shape index (κ3) is 1.30. The molecule has 0 saturated heterocycles. The van der Waals surface area contributed by atoms with Gasteiger partial charge in [0.25, 0.3) is 0 Å². The second-order valence-electron chi connectivity index (χ2n) is 4.84. The van der Waals surface area contributed by atoms with Crippen molar-refractivity contribution in [1.29, 1.82) is 0 Å². The lowest BCUT2D eigenvalue weighted by Gasteiger charge is -2.20. The minimum absolute atomic E-state index is 0.170. The maximum Gasteiger partial charge on any atom is 0.0502 e. The van der Waals surface area contributed by atoms with E-state index in [0.717, 1.165) is 15.9 Å². The summed E-state index contributed by atoms with van der Waals surface area (Å²) in [7, 11) is 0. The van der Waals surface area contributed by atoms with E-state index in [2.05, 4.69) is 24.0 Å². The predicted molar refractivity (Wildman–Crippen MR) is 67.9 cm³/mol. The molecule has 1 heterocycles. The van der Waals surface area contributed by atoms with Gasteiger partial charge in [0, 0.05) is 28.6 Å². The van der Waals surface area contributed by atoms with Crippen LogP contribution in [0.2, 0.25) is 5.02 Å². The molecule has 1 aliphatic rings. The molecule has 1 aliphatic carbocycles. The van der Waals surface area contributed by atoms with Crippen LogP contribution in [0.15, 0.2) is 24.4 Å². The second kappa shape index (κ2) is 3.25. The number of nitrogens with one attached hydrogen (secondary N) is 1. The van der Waals surface area contributed by atoms with Gasteiger partial charge in [-0.05, 0) is 43.5 Å². The number of halogens is 1. The van der Waals surface area contributed by atoms with Crippen molar-refractivity contribution in [2.24, 2.45) is 5.73 Å². The van der Waals surface area contributed by atoms with Crippen molar-refractivity contribution in [1.82, 2.24) is 4.98 Å². The Morgan fingerprint density at radius 1 is 1.44 bits per heavy atom. The van der Waals surface area contributed by atoms with Gasteiger partial charge in [-0.25, -0.2) is 0 Å². The molecule has 0 spiro atoms. The molecule has 0 aliphatic heterocycles. The first kappa shape index (κ1) is 10.2. The number of aromatic nitrogens is 1. The summed E-state index contributed by atoms with van der Waals surface area (Å²) in [6, 6.07) is 6.47. The molecule has 2 nitrogen and oxygen atoms in total. The molecule has 3 heteroatoms. The van der Waals surface area contributed by atoms with Crippen molar-refractivity contribution in [2.45, 2.75) is 31.2 Å². The zero-order chi connectivity index (χ0) is 11.3. The summed E-state index contributed by atoms with van der Waals surface area (Å²) in [6.07, 6.45) is 4.27. The highest BCUT2D eigenvalue weighted by atomic mass is 35.5. The molecule has 3 N–H and O–H groups in total. The molecule has 1 saturated carbocycles. The first-order valence-electron chi connectivity index (χ1n) is 5.66. The topological polar surface area (TPSA) is 41.8 Å². The quantitative estimate of drug-likeness (QED) is 0.823. The molecule has 2 aromatic rings. The molecule has 0 bridgehead atoms. The Hall–Kier alpha value is -0.990. The van der Waals surface area contributed by atoms with E-state index in [1.165, 1.54) is 18.4 Å². The van der Waals surface area contributed by atoms with Gasteiger partial charge < -0.3 is 10.7 Å². The Morgan fingerprint density at radius 2 is 2.19 bits per heavy atom. The van der Waals surface area contributed by atoms with Crippen LogP contribution in [0.3, 0.4) is 0 Å². The monoisotopic (exact) mass is 234 g/mol. The van der Waals surface area contributed by atoms with Gasteiger partial charge in [-0.1, -0.05) is 11.6 Å². The van der Waals surface area contributed by atoms with Crippen molar-refractivity contribution >= 4 is 22.5 Å². The average Bonchev–Trinajstić information content (AvgIpc) is 2.92. The molecule has 1 fully saturated rings. The highest BCUT2D eigenvalue weighted by Crippen LogP contribution is 2.51. The number of aromatic amines is 1. The van der Waals surface area contributed by atoms with Gasteiger partial charge in [-0.15, -0.1) is 0 Å². The predicted octanol–water partition coefficient (Wildman–Crippen LogP) is 3.20. The maximum atomic E-state index is 6.28. The molecular formula is C13H15ClN2. The highest BCUT2D eigenvalue weighted by Gasteiger charge is 2.47. The van der Waals surface area contributed by atoms with E-state index in [9.17, 15) is 0 Å². The van der Waals surface area contributed by atoms with Gasteiger partial charge in [0.15, 0.2) is 0 Å². The SMILES string of the molecule is CC(N)C1(c2cc(Cl)c3cc[nH]c3c2)CC1. The minimum Gasteiger partial charge on any atom is -0.361 e. The molecule has 0 amide bonds. The van der Waals surface area contributed by atoms with Crippen molar-refractivity contribution in [3.05, 3.63) is 35.0 Å². The van der Waals surface area contributed by atoms with E-state index in [1.54, 1.807) is 0 Å². The molecule has 3 rings (SSSR count). The molecule has 1 aromatic carbocycles. The molecule has 84 valence electrons. The number of benzene rings is 1. The Balaban J connectivity index is 2.18. The van der Waals surface area contributed by atoms with E-state index in [4.69, 9.17) is 17.3 Å². The number of H-pyrrole nitrogens is 1. The fourth-order valence-electron chi connectivity index (χ4n) is 2.55. The molecule has 0 radical (unpaired) electrons. The van der Waals surface area contributed by atoms with E-state index in [0.29, 0.717) is 0 Å². The van der Waals surface area contributed by atoms with Crippen molar-refractivity contribution in [3.8, 4) is 0 Å². The lowest BCUT2D eigenvalue weighted by atomic mass is 9.89. The van der Waals surface area contributed by atoms with E-state index in [-0.39, 0.29) is 11.5 Å². The standard InChI is InChI=1S/C13H15ClN2/c1-8(15)13(3-4-13)9-6-11(14)10-2-5-16-12(10)7-9/h2,5-8,16H,3-4,15H2,1H3. The number of hydrogen-bond donors (Lipinski definition) is 2. The number of rotatable bonds is 2. The van der Waals surface area contributed by atoms with Crippen LogP contribution in [0.4, 0.5) is 0 Å². The number of nitrogens with two attached hydrogens (primary N) is 1. The second-order valence-corrected chi connectivity index (χ2v) is 5.25. The van der Waals surface area contributed by atoms with Gasteiger partial charge in [0.1, 0.15) is 0 Å². The van der Waals surface area contributed by atoms with Crippen LogP contribution in [0.1, 0.15) is 25.3 Å². The fraction of sp³-hybridized carbons (Fsp3) is 0.385. The average molecular weight is 235 g/mol. The summed E-state index contributed by atoms with van der Waals surface area (Å²) < 4.78 is 0. The highest BCUT2D eigenvalue weighted by molar-refractivity contribution is 6.35. The van der Waals surface area contributed by atoms with Gasteiger partial charge in [-0.2, -0.15) is 0 Å². The number of hydrogen-bond acceptors (Lipinski definition) is 1. The first-order chi connectivity index (χ1) is 7.63. The maximum absolute atomic E-state index is 6.28. The third-order valence-corrected chi connectivity index (χ3v) is 4.17. The largest absolute Gasteiger partial charge is 0.361 e. The Kier molecular flexibility index (Phi) is 2.07. The summed E-state index contributed by atoms with van der Waals surface area (Å²) in [5.74, 6) is 0. The van der Waals surface area contributed by atoms with Gasteiger partial charge in [-0.3, -0.25) is 0 Å². The minimum atomic E-state index is 0.170. The Bertz CT molecular complexity index is 538. The molecule has 1 atom stereocenters. The van der Waals surface area contributed by atoms with Gasteiger partial charge in [0.05, 0.1) is 5.02 Å². The molecule has 16 heavy (non-hydrogen) atoms.